The number of carbonyl (C=O) groups is 3. The van der Waals surface area contributed by atoms with E-state index in [1.54, 1.807) is 37.3 Å². The lowest BCUT2D eigenvalue weighted by Crippen LogP contribution is -2.67. The molecule has 0 saturated heterocycles. The van der Waals surface area contributed by atoms with Gasteiger partial charge in [-0.05, 0) is 229 Å². The number of aryl methyl sites for hydroxylation is 3. The fourth-order valence-corrected chi connectivity index (χ4v) is 17.3. The van der Waals surface area contributed by atoms with E-state index in [4.69, 9.17) is 13.3 Å². The van der Waals surface area contributed by atoms with Gasteiger partial charge in [-0.15, -0.1) is 0 Å². The first kappa shape index (κ1) is 89.8. The van der Waals surface area contributed by atoms with Crippen LogP contribution in [-0.2, 0) is 80.2 Å². The Kier molecular flexibility index (Phi) is 25.3. The van der Waals surface area contributed by atoms with E-state index in [9.17, 15) is 68.5 Å². The molecular formula is C108H91F10N3O8. The third-order valence-electron chi connectivity index (χ3n) is 24.6. The first-order valence-electron chi connectivity index (χ1n) is 41.9. The van der Waals surface area contributed by atoms with Crippen molar-refractivity contribution in [1.82, 2.24) is 14.7 Å². The summed E-state index contributed by atoms with van der Waals surface area (Å²) >= 11 is 0. The number of allylic oxidation sites excluding steroid dienone is 2. The molecular weight excluding hydrogens is 1660 g/mol. The Morgan fingerprint density at radius 3 is 1.20 bits per heavy atom. The standard InChI is InChI=1S/C38H32F3NO3.C35H29F4NO3.C35H30F3NO2/c1-24-10-13-28-6-3-4-9-32(28)34(24)35(44)42(20-31-16-17-33(45-31)38(39,40)41)19-26-11-14-27(15-12-26)29-7-5-8-30(18-29)37-21-36(22-37,23-37)25(2)43;1-22-11-14-26-7-4-5-10-30(26)32(22)33(42)40(21-29-17-18-31(43-29)35(37,38)39)20-24-12-15-25(16-13-24)27-8-6-9-28(19-27)34(3,36)23(2)41;1-23-11-14-28-7-4-5-10-32(28)33(23)22-39(21-31-17-18-34(41-31)35(36,37)38)20-26-12-15-27(16-13-26)30-9-6-8-29(19-30)24(2)25(3)40/h3-18H,19-23H2,1-2H3;4-19,41H,2,20-21H2,1,3H3;4-19,40H,2-3,20-22H2,1H3. The van der Waals surface area contributed by atoms with Gasteiger partial charge in [-0.25, -0.2) is 4.39 Å². The van der Waals surface area contributed by atoms with Crippen LogP contribution in [0.1, 0.15) is 144 Å². The topological polar surface area (TPSA) is 141 Å². The van der Waals surface area contributed by atoms with Crippen molar-refractivity contribution < 1.29 is 81.8 Å². The molecule has 0 radical (unpaired) electrons. The fourth-order valence-electron chi connectivity index (χ4n) is 17.3. The normalized spacial score (nSPS) is 15.2. The van der Waals surface area contributed by atoms with Gasteiger partial charge in [0.1, 0.15) is 34.6 Å². The SMILES string of the molecule is C=C(O)C(=C)c1cccc(-c2ccc(CN(Cc3ccc(C(F)(F)F)o3)Cc3c(C)ccc4ccccc34)cc2)c1.C=C(O)C(C)(F)c1cccc(-c2ccc(CN(Cc3ccc(C(F)(F)F)o3)C(=O)c3c(C)ccc4ccccc34)cc2)c1.CC(=O)C12CC(c3cccc(-c4ccc(CN(Cc5ccc(C(F)(F)F)o5)C(=O)c5c(C)ccc6ccccc56)cc4)c3)(C1)C2. The Morgan fingerprint density at radius 2 is 0.775 bits per heavy atom. The van der Waals surface area contributed by atoms with E-state index in [-0.39, 0.29) is 84.0 Å². The second-order valence-electron chi connectivity index (χ2n) is 33.7. The molecule has 12 aromatic carbocycles. The fraction of sp³-hybridized carbons (Fsp3) is 0.194. The minimum absolute atomic E-state index is 0.00624. The molecule has 2 N–H and O–H groups in total. The van der Waals surface area contributed by atoms with Crippen LogP contribution < -0.4 is 0 Å². The highest BCUT2D eigenvalue weighted by Gasteiger charge is 2.70. The number of hydrogen-bond acceptors (Lipinski definition) is 9. The van der Waals surface area contributed by atoms with Gasteiger partial charge in [0, 0.05) is 37.2 Å². The molecule has 21 heteroatoms. The van der Waals surface area contributed by atoms with E-state index < -0.39 is 47.2 Å². The minimum Gasteiger partial charge on any atom is -0.509 e. The van der Waals surface area contributed by atoms with Gasteiger partial charge in [0.2, 0.25) is 17.3 Å². The zero-order valence-electron chi connectivity index (χ0n) is 71.4. The number of halogens is 10. The number of alkyl halides is 10. The molecule has 3 aromatic heterocycles. The summed E-state index contributed by atoms with van der Waals surface area (Å²) in [6.45, 7) is 20.7. The lowest BCUT2D eigenvalue weighted by molar-refractivity contribution is -0.171. The predicted octanol–water partition coefficient (Wildman–Crippen LogP) is 28.5. The number of benzene rings is 12. The molecule has 3 saturated carbocycles. The van der Waals surface area contributed by atoms with Gasteiger partial charge >= 0.3 is 18.5 Å². The van der Waals surface area contributed by atoms with Crippen LogP contribution >= 0.6 is 0 Å². The number of ketones is 1. The van der Waals surface area contributed by atoms with Crippen LogP contribution in [0.5, 0.6) is 0 Å². The lowest BCUT2D eigenvalue weighted by Gasteiger charge is -2.70. The first-order valence-corrected chi connectivity index (χ1v) is 41.9. The van der Waals surface area contributed by atoms with Crippen molar-refractivity contribution >= 4 is 55.5 Å². The maximum Gasteiger partial charge on any atom is 0.449 e. The highest BCUT2D eigenvalue weighted by atomic mass is 19.4. The van der Waals surface area contributed by atoms with Crippen molar-refractivity contribution in [3.63, 3.8) is 0 Å². The summed E-state index contributed by atoms with van der Waals surface area (Å²) in [6, 6.07) is 87.7. The van der Waals surface area contributed by atoms with Crippen LogP contribution in [0.3, 0.4) is 0 Å². The first-order chi connectivity index (χ1) is 61.4. The van der Waals surface area contributed by atoms with Gasteiger partial charge in [0.25, 0.3) is 11.8 Å². The summed E-state index contributed by atoms with van der Waals surface area (Å²) in [6.07, 6.45) is -11.0. The molecule has 0 spiro atoms. The van der Waals surface area contributed by atoms with E-state index in [2.05, 4.69) is 80.1 Å². The summed E-state index contributed by atoms with van der Waals surface area (Å²) in [4.78, 5) is 45.3. The zero-order chi connectivity index (χ0) is 91.7. The molecule has 0 aliphatic heterocycles. The van der Waals surface area contributed by atoms with Gasteiger partial charge in [0.15, 0.2) is 5.67 Å². The molecule has 1 atom stereocenters. The van der Waals surface area contributed by atoms with Crippen LogP contribution in [0.2, 0.25) is 0 Å². The van der Waals surface area contributed by atoms with E-state index in [0.29, 0.717) is 41.1 Å². The smallest absolute Gasteiger partial charge is 0.449 e. The molecule has 11 nitrogen and oxygen atoms in total. The number of fused-ring (bicyclic) bond motifs is 3. The Labute approximate surface area is 739 Å². The number of Topliss-reactive ketones (excluding diaryl/α,β-unsaturated/α-hetero) is 1. The third kappa shape index (κ3) is 19.7. The summed E-state index contributed by atoms with van der Waals surface area (Å²) < 4.78 is 150. The second kappa shape index (κ2) is 36.4. The minimum atomic E-state index is -4.64. The maximum atomic E-state index is 15.0. The van der Waals surface area contributed by atoms with Crippen LogP contribution in [0, 0.1) is 26.2 Å². The predicted molar refractivity (Wildman–Crippen MR) is 483 cm³/mol. The van der Waals surface area contributed by atoms with Crippen molar-refractivity contribution in [2.45, 2.75) is 129 Å². The average Bonchev–Trinajstić information content (AvgIpc) is 0.799. The Balaban J connectivity index is 0.000000149. The van der Waals surface area contributed by atoms with Crippen LogP contribution in [0.25, 0.3) is 71.3 Å². The molecule has 18 rings (SSSR count). The van der Waals surface area contributed by atoms with Gasteiger partial charge < -0.3 is 33.3 Å². The maximum absolute atomic E-state index is 15.0. The molecule has 3 heterocycles. The van der Waals surface area contributed by atoms with Crippen LogP contribution in [-0.4, -0.2) is 42.5 Å². The number of furan rings is 3. The number of aliphatic hydroxyl groups excluding tert-OH is 2. The van der Waals surface area contributed by atoms with E-state index in [1.165, 1.54) is 40.5 Å². The van der Waals surface area contributed by atoms with Crippen LogP contribution in [0.4, 0.5) is 43.9 Å². The Bertz CT molecular complexity index is 6730. The van der Waals surface area contributed by atoms with Gasteiger partial charge in [-0.2, -0.15) is 39.5 Å². The van der Waals surface area contributed by atoms with Crippen molar-refractivity contribution in [3.8, 4) is 33.4 Å². The highest BCUT2D eigenvalue weighted by molar-refractivity contribution is 6.09. The highest BCUT2D eigenvalue weighted by Crippen LogP contribution is 2.74. The number of aliphatic hydroxyl groups is 2. The van der Waals surface area contributed by atoms with Crippen molar-refractivity contribution in [2.75, 3.05) is 0 Å². The molecule has 129 heavy (non-hydrogen) atoms. The molecule has 3 aliphatic rings. The molecule has 15 aromatic rings. The molecule has 2 amide bonds. The number of hydrogen-bond donors (Lipinski definition) is 2. The van der Waals surface area contributed by atoms with Crippen molar-refractivity contribution in [2.24, 2.45) is 5.41 Å². The molecule has 1 unspecified atom stereocenters. The van der Waals surface area contributed by atoms with Gasteiger partial charge in [-0.3, -0.25) is 19.3 Å². The molecule has 3 aliphatic carbocycles. The molecule has 3 fully saturated rings. The largest absolute Gasteiger partial charge is 0.509 e. The van der Waals surface area contributed by atoms with E-state index in [1.807, 2.05) is 190 Å². The lowest BCUT2D eigenvalue weighted by atomic mass is 9.32. The number of amides is 2. The molecule has 656 valence electrons. The summed E-state index contributed by atoms with van der Waals surface area (Å²) in [5.41, 5.74) is 13.5. The second-order valence-corrected chi connectivity index (χ2v) is 33.7. The number of nitrogens with zero attached hydrogens (tertiary/aromatic N) is 3. The van der Waals surface area contributed by atoms with E-state index in [0.717, 1.165) is 142 Å². The van der Waals surface area contributed by atoms with E-state index >= 15 is 0 Å². The third-order valence-corrected chi connectivity index (χ3v) is 24.6. The van der Waals surface area contributed by atoms with Crippen molar-refractivity contribution in [3.05, 3.63) is 424 Å². The summed E-state index contributed by atoms with van der Waals surface area (Å²) in [7, 11) is 0. The zero-order valence-corrected chi connectivity index (χ0v) is 71.4. The Hall–Kier alpha value is -14.1. The monoisotopic (exact) mass is 1750 g/mol. The quantitative estimate of drug-likeness (QED) is 0.0325. The number of rotatable bonds is 25. The van der Waals surface area contributed by atoms with Gasteiger partial charge in [-0.1, -0.05) is 262 Å². The molecule has 2 bridgehead atoms. The average molecular weight is 1750 g/mol. The summed E-state index contributed by atoms with van der Waals surface area (Å²) in [5.74, 6) is -3.88. The van der Waals surface area contributed by atoms with Crippen LogP contribution in [0.15, 0.2) is 336 Å². The summed E-state index contributed by atoms with van der Waals surface area (Å²) in [5, 5.41) is 25.0. The van der Waals surface area contributed by atoms with Gasteiger partial charge in [0.05, 0.1) is 30.8 Å². The number of carbonyl (C=O) groups excluding carboxylic acids is 3. The van der Waals surface area contributed by atoms with Crippen molar-refractivity contribution in [1.29, 1.82) is 0 Å². The Morgan fingerprint density at radius 1 is 0.388 bits per heavy atom.